The van der Waals surface area contributed by atoms with Gasteiger partial charge in [-0.3, -0.25) is 9.78 Å². The van der Waals surface area contributed by atoms with Gasteiger partial charge < -0.3 is 10.5 Å². The topological polar surface area (TPSA) is 65.2 Å². The molecular formula is C12H18N2O2. The predicted molar refractivity (Wildman–Crippen MR) is 62.2 cm³/mol. The number of carbonyl (C=O) groups excluding carboxylic acids is 1. The monoisotopic (exact) mass is 222 g/mol. The Bertz CT molecular complexity index is 322. The van der Waals surface area contributed by atoms with Crippen LogP contribution in [0.3, 0.4) is 0 Å². The van der Waals surface area contributed by atoms with E-state index in [9.17, 15) is 4.79 Å². The summed E-state index contributed by atoms with van der Waals surface area (Å²) >= 11 is 0. The van der Waals surface area contributed by atoms with Gasteiger partial charge in [0.15, 0.2) is 5.78 Å². The molecule has 4 heteroatoms. The van der Waals surface area contributed by atoms with Crippen molar-refractivity contribution in [1.82, 2.24) is 4.98 Å². The quantitative estimate of drug-likeness (QED) is 0.691. The Hall–Kier alpha value is -1.26. The molecule has 0 aromatic carbocycles. The lowest BCUT2D eigenvalue weighted by molar-refractivity contribution is -0.122. The normalized spacial score (nSPS) is 10.4. The van der Waals surface area contributed by atoms with Gasteiger partial charge in [-0.05, 0) is 18.1 Å². The molecule has 0 unspecified atom stereocenters. The van der Waals surface area contributed by atoms with Gasteiger partial charge in [0.1, 0.15) is 6.61 Å². The molecule has 2 N–H and O–H groups in total. The Morgan fingerprint density at radius 1 is 1.50 bits per heavy atom. The Kier molecular flexibility index (Phi) is 5.67. The SMILES string of the molecule is CCc1ccc(CC(=O)COCCN)nc1. The van der Waals surface area contributed by atoms with E-state index in [4.69, 9.17) is 10.5 Å². The van der Waals surface area contributed by atoms with E-state index in [1.54, 1.807) is 0 Å². The van der Waals surface area contributed by atoms with E-state index >= 15 is 0 Å². The molecule has 0 aliphatic rings. The standard InChI is InChI=1S/C12H18N2O2/c1-2-10-3-4-11(14-8-10)7-12(15)9-16-6-5-13/h3-4,8H,2,5-7,9,13H2,1H3. The number of nitrogens with two attached hydrogens (primary N) is 1. The summed E-state index contributed by atoms with van der Waals surface area (Å²) in [6.07, 6.45) is 3.10. The first-order valence-electron chi connectivity index (χ1n) is 5.49. The number of ketones is 1. The third-order valence-corrected chi connectivity index (χ3v) is 2.20. The van der Waals surface area contributed by atoms with Crippen LogP contribution in [-0.2, 0) is 22.4 Å². The maximum atomic E-state index is 11.4. The van der Waals surface area contributed by atoms with Crippen LogP contribution in [0.5, 0.6) is 0 Å². The van der Waals surface area contributed by atoms with Crippen LogP contribution in [0.25, 0.3) is 0 Å². The number of ether oxygens (including phenoxy) is 1. The molecule has 0 amide bonds. The first kappa shape index (κ1) is 12.8. The average molecular weight is 222 g/mol. The molecule has 88 valence electrons. The zero-order valence-corrected chi connectivity index (χ0v) is 9.61. The number of Topliss-reactive ketones (excluding diaryl/α,β-unsaturated/α-hetero) is 1. The van der Waals surface area contributed by atoms with E-state index in [2.05, 4.69) is 11.9 Å². The molecular weight excluding hydrogens is 204 g/mol. The van der Waals surface area contributed by atoms with Gasteiger partial charge >= 0.3 is 0 Å². The van der Waals surface area contributed by atoms with Crippen molar-refractivity contribution < 1.29 is 9.53 Å². The minimum Gasteiger partial charge on any atom is -0.372 e. The van der Waals surface area contributed by atoms with Crippen LogP contribution < -0.4 is 5.73 Å². The van der Waals surface area contributed by atoms with Gasteiger partial charge in [-0.25, -0.2) is 0 Å². The second-order valence-corrected chi connectivity index (χ2v) is 3.57. The fourth-order valence-corrected chi connectivity index (χ4v) is 1.29. The molecule has 0 fully saturated rings. The van der Waals surface area contributed by atoms with Crippen molar-refractivity contribution in [3.05, 3.63) is 29.6 Å². The summed E-state index contributed by atoms with van der Waals surface area (Å²) in [6.45, 7) is 3.06. The Morgan fingerprint density at radius 2 is 2.31 bits per heavy atom. The fraction of sp³-hybridized carbons (Fsp3) is 0.500. The molecule has 16 heavy (non-hydrogen) atoms. The number of pyridine rings is 1. The smallest absolute Gasteiger partial charge is 0.164 e. The third kappa shape index (κ3) is 4.51. The van der Waals surface area contributed by atoms with Crippen molar-refractivity contribution in [2.45, 2.75) is 19.8 Å². The molecule has 0 bridgehead atoms. The van der Waals surface area contributed by atoms with Crippen LogP contribution in [0.2, 0.25) is 0 Å². The highest BCUT2D eigenvalue weighted by atomic mass is 16.5. The third-order valence-electron chi connectivity index (χ3n) is 2.20. The summed E-state index contributed by atoms with van der Waals surface area (Å²) in [5.74, 6) is 0.0326. The molecule has 0 spiro atoms. The summed E-state index contributed by atoms with van der Waals surface area (Å²) in [5, 5.41) is 0. The van der Waals surface area contributed by atoms with E-state index in [1.165, 1.54) is 5.56 Å². The Morgan fingerprint density at radius 3 is 2.88 bits per heavy atom. The fourth-order valence-electron chi connectivity index (χ4n) is 1.29. The van der Waals surface area contributed by atoms with E-state index in [0.717, 1.165) is 12.1 Å². The highest BCUT2D eigenvalue weighted by molar-refractivity contribution is 5.81. The predicted octanol–water partition coefficient (Wildman–Crippen LogP) is 0.731. The number of hydrogen-bond donors (Lipinski definition) is 1. The van der Waals surface area contributed by atoms with Crippen molar-refractivity contribution in [1.29, 1.82) is 0 Å². The van der Waals surface area contributed by atoms with Crippen molar-refractivity contribution in [2.75, 3.05) is 19.8 Å². The molecule has 0 saturated heterocycles. The summed E-state index contributed by atoms with van der Waals surface area (Å²) in [6, 6.07) is 3.88. The van der Waals surface area contributed by atoms with Gasteiger partial charge in [0.2, 0.25) is 0 Å². The molecule has 0 radical (unpaired) electrons. The van der Waals surface area contributed by atoms with E-state index in [1.807, 2.05) is 18.3 Å². The maximum Gasteiger partial charge on any atom is 0.164 e. The molecule has 1 heterocycles. The minimum atomic E-state index is 0.0326. The van der Waals surface area contributed by atoms with Crippen LogP contribution in [-0.4, -0.2) is 30.5 Å². The first-order chi connectivity index (χ1) is 7.76. The summed E-state index contributed by atoms with van der Waals surface area (Å²) in [7, 11) is 0. The molecule has 1 aromatic heterocycles. The summed E-state index contributed by atoms with van der Waals surface area (Å²) in [4.78, 5) is 15.7. The van der Waals surface area contributed by atoms with Crippen LogP contribution in [0.4, 0.5) is 0 Å². The van der Waals surface area contributed by atoms with Gasteiger partial charge in [-0.2, -0.15) is 0 Å². The van der Waals surface area contributed by atoms with E-state index < -0.39 is 0 Å². The van der Waals surface area contributed by atoms with Crippen molar-refractivity contribution in [3.8, 4) is 0 Å². The van der Waals surface area contributed by atoms with Crippen LogP contribution in [0.15, 0.2) is 18.3 Å². The van der Waals surface area contributed by atoms with Gasteiger partial charge in [0.05, 0.1) is 13.0 Å². The zero-order chi connectivity index (χ0) is 11.8. The molecule has 0 aliphatic heterocycles. The molecule has 4 nitrogen and oxygen atoms in total. The molecule has 1 aromatic rings. The van der Waals surface area contributed by atoms with Crippen molar-refractivity contribution in [2.24, 2.45) is 5.73 Å². The lowest BCUT2D eigenvalue weighted by atomic mass is 10.1. The highest BCUT2D eigenvalue weighted by Crippen LogP contribution is 2.02. The number of rotatable bonds is 7. The number of nitrogens with zero attached hydrogens (tertiary/aromatic N) is 1. The second kappa shape index (κ2) is 7.09. The molecule has 0 saturated carbocycles. The molecule has 0 aliphatic carbocycles. The van der Waals surface area contributed by atoms with Crippen LogP contribution >= 0.6 is 0 Å². The summed E-state index contributed by atoms with van der Waals surface area (Å²) < 4.78 is 5.06. The number of hydrogen-bond acceptors (Lipinski definition) is 4. The first-order valence-corrected chi connectivity index (χ1v) is 5.49. The van der Waals surface area contributed by atoms with Gasteiger partial charge in [0, 0.05) is 18.4 Å². The van der Waals surface area contributed by atoms with Crippen LogP contribution in [0, 0.1) is 0 Å². The number of aromatic nitrogens is 1. The van der Waals surface area contributed by atoms with E-state index in [0.29, 0.717) is 19.6 Å². The lowest BCUT2D eigenvalue weighted by Crippen LogP contribution is -2.16. The zero-order valence-electron chi connectivity index (χ0n) is 9.61. The Labute approximate surface area is 95.8 Å². The average Bonchev–Trinajstić information content (AvgIpc) is 2.30. The lowest BCUT2D eigenvalue weighted by Gasteiger charge is -2.02. The Balaban J connectivity index is 2.37. The minimum absolute atomic E-state index is 0.0326. The van der Waals surface area contributed by atoms with Crippen molar-refractivity contribution >= 4 is 5.78 Å². The van der Waals surface area contributed by atoms with Gasteiger partial charge in [-0.1, -0.05) is 13.0 Å². The maximum absolute atomic E-state index is 11.4. The van der Waals surface area contributed by atoms with Crippen LogP contribution in [0.1, 0.15) is 18.2 Å². The molecule has 0 atom stereocenters. The second-order valence-electron chi connectivity index (χ2n) is 3.57. The number of aryl methyl sites for hydroxylation is 1. The largest absolute Gasteiger partial charge is 0.372 e. The summed E-state index contributed by atoms with van der Waals surface area (Å²) in [5.41, 5.74) is 7.22. The van der Waals surface area contributed by atoms with Gasteiger partial charge in [0.25, 0.3) is 0 Å². The van der Waals surface area contributed by atoms with Gasteiger partial charge in [-0.15, -0.1) is 0 Å². The number of carbonyl (C=O) groups is 1. The van der Waals surface area contributed by atoms with Crippen molar-refractivity contribution in [3.63, 3.8) is 0 Å². The molecule has 1 rings (SSSR count). The van der Waals surface area contributed by atoms with E-state index in [-0.39, 0.29) is 12.4 Å². The highest BCUT2D eigenvalue weighted by Gasteiger charge is 2.04.